The van der Waals surface area contributed by atoms with Gasteiger partial charge in [0.05, 0.1) is 24.9 Å². The minimum Gasteiger partial charge on any atom is -0.379 e. The molecule has 5 heteroatoms. The Morgan fingerprint density at radius 1 is 1.21 bits per heavy atom. The van der Waals surface area contributed by atoms with Gasteiger partial charge >= 0.3 is 0 Å². The van der Waals surface area contributed by atoms with Crippen LogP contribution in [0.5, 0.6) is 0 Å². The molecule has 0 aliphatic carbocycles. The lowest BCUT2D eigenvalue weighted by atomic mass is 10.1. The minimum atomic E-state index is 0.0141. The average Bonchev–Trinajstić information content (AvgIpc) is 2.47. The monoisotopic (exact) mass is 256 g/mol. The Balaban J connectivity index is 1.90. The molecule has 0 spiro atoms. The van der Waals surface area contributed by atoms with Crippen molar-refractivity contribution < 1.29 is 4.79 Å². The molecule has 0 unspecified atom stereocenters. The van der Waals surface area contributed by atoms with Crippen LogP contribution >= 0.6 is 0 Å². The Kier molecular flexibility index (Phi) is 4.44. The highest BCUT2D eigenvalue weighted by atomic mass is 16.1. The molecule has 1 aromatic heterocycles. The average molecular weight is 256 g/mol. The van der Waals surface area contributed by atoms with Crippen molar-refractivity contribution in [2.45, 2.75) is 13.0 Å². The lowest BCUT2D eigenvalue weighted by molar-refractivity contribution is -0.119. The number of rotatable bonds is 5. The van der Waals surface area contributed by atoms with Crippen LogP contribution in [0.4, 0.5) is 5.69 Å². The third-order valence-corrected chi connectivity index (χ3v) is 2.69. The van der Waals surface area contributed by atoms with Gasteiger partial charge in [0.1, 0.15) is 0 Å². The van der Waals surface area contributed by atoms with Gasteiger partial charge in [0.15, 0.2) is 0 Å². The maximum atomic E-state index is 11.2. The van der Waals surface area contributed by atoms with Crippen LogP contribution in [-0.4, -0.2) is 22.9 Å². The van der Waals surface area contributed by atoms with E-state index in [-0.39, 0.29) is 5.91 Å². The van der Waals surface area contributed by atoms with Gasteiger partial charge in [-0.15, -0.1) is 0 Å². The smallest absolute Gasteiger partial charge is 0.224 e. The fraction of sp³-hybridized carbons (Fsp3) is 0.214. The van der Waals surface area contributed by atoms with Gasteiger partial charge in [-0.2, -0.15) is 0 Å². The van der Waals surface area contributed by atoms with E-state index in [1.165, 1.54) is 0 Å². The zero-order valence-electron chi connectivity index (χ0n) is 10.8. The number of anilines is 1. The summed E-state index contributed by atoms with van der Waals surface area (Å²) in [5, 5.41) is 5.86. The standard InChI is InChI=1S/C14H16N4O/c1-15-14(19)8-11-2-4-12(5-3-11)18-10-13-9-16-6-7-17-13/h2-7,9,18H,8,10H2,1H3,(H,15,19). The maximum absolute atomic E-state index is 11.2. The number of nitrogens with zero attached hydrogens (tertiary/aromatic N) is 2. The molecule has 0 aliphatic rings. The fourth-order valence-electron chi connectivity index (χ4n) is 1.63. The van der Waals surface area contributed by atoms with Gasteiger partial charge in [0.2, 0.25) is 5.91 Å². The Labute approximate surface area is 112 Å². The summed E-state index contributed by atoms with van der Waals surface area (Å²) in [6.45, 7) is 0.628. The molecule has 1 amide bonds. The number of hydrogen-bond donors (Lipinski definition) is 2. The van der Waals surface area contributed by atoms with E-state index in [0.29, 0.717) is 13.0 Å². The topological polar surface area (TPSA) is 66.9 Å². The summed E-state index contributed by atoms with van der Waals surface area (Å²) in [6.07, 6.45) is 5.45. The molecule has 0 bridgehead atoms. The molecule has 98 valence electrons. The van der Waals surface area contributed by atoms with Crippen molar-refractivity contribution in [3.8, 4) is 0 Å². The number of likely N-dealkylation sites (N-methyl/N-ethyl adjacent to an activating group) is 1. The summed E-state index contributed by atoms with van der Waals surface area (Å²) < 4.78 is 0. The van der Waals surface area contributed by atoms with Crippen molar-refractivity contribution in [3.63, 3.8) is 0 Å². The van der Waals surface area contributed by atoms with Gasteiger partial charge in [-0.3, -0.25) is 14.8 Å². The molecule has 0 aliphatic heterocycles. The summed E-state index contributed by atoms with van der Waals surface area (Å²) in [6, 6.07) is 7.78. The van der Waals surface area contributed by atoms with E-state index in [9.17, 15) is 4.79 Å². The number of aromatic nitrogens is 2. The summed E-state index contributed by atoms with van der Waals surface area (Å²) in [5.41, 5.74) is 2.87. The number of hydrogen-bond acceptors (Lipinski definition) is 4. The highest BCUT2D eigenvalue weighted by Crippen LogP contribution is 2.11. The van der Waals surface area contributed by atoms with Gasteiger partial charge < -0.3 is 10.6 Å². The SMILES string of the molecule is CNC(=O)Cc1ccc(NCc2cnccn2)cc1. The van der Waals surface area contributed by atoms with Crippen LogP contribution in [0, 0.1) is 0 Å². The third-order valence-electron chi connectivity index (χ3n) is 2.69. The lowest BCUT2D eigenvalue weighted by Gasteiger charge is -2.06. The van der Waals surface area contributed by atoms with Crippen molar-refractivity contribution in [1.82, 2.24) is 15.3 Å². The Morgan fingerprint density at radius 2 is 2.00 bits per heavy atom. The van der Waals surface area contributed by atoms with E-state index in [4.69, 9.17) is 0 Å². The Hall–Kier alpha value is -2.43. The highest BCUT2D eigenvalue weighted by molar-refractivity contribution is 5.78. The number of carbonyl (C=O) groups excluding carboxylic acids is 1. The van der Waals surface area contributed by atoms with Crippen LogP contribution in [0.3, 0.4) is 0 Å². The van der Waals surface area contributed by atoms with Crippen LogP contribution in [0.25, 0.3) is 0 Å². The van der Waals surface area contributed by atoms with Gasteiger partial charge in [-0.25, -0.2) is 0 Å². The second kappa shape index (κ2) is 6.49. The quantitative estimate of drug-likeness (QED) is 0.848. The van der Waals surface area contributed by atoms with Gasteiger partial charge in [-0.1, -0.05) is 12.1 Å². The minimum absolute atomic E-state index is 0.0141. The summed E-state index contributed by atoms with van der Waals surface area (Å²) in [4.78, 5) is 19.4. The van der Waals surface area contributed by atoms with Gasteiger partial charge in [0, 0.05) is 25.1 Å². The number of carbonyl (C=O) groups is 1. The number of benzene rings is 1. The molecule has 19 heavy (non-hydrogen) atoms. The van der Waals surface area contributed by atoms with Crippen LogP contribution in [0.15, 0.2) is 42.9 Å². The first-order chi connectivity index (χ1) is 9.28. The highest BCUT2D eigenvalue weighted by Gasteiger charge is 2.01. The molecule has 1 heterocycles. The molecule has 1 aromatic carbocycles. The second-order valence-electron chi connectivity index (χ2n) is 4.10. The first-order valence-corrected chi connectivity index (χ1v) is 6.06. The predicted molar refractivity (Wildman–Crippen MR) is 73.6 cm³/mol. The molecule has 2 rings (SSSR count). The molecule has 0 fully saturated rings. The molecule has 0 radical (unpaired) electrons. The number of amides is 1. The van der Waals surface area contributed by atoms with E-state index >= 15 is 0 Å². The summed E-state index contributed by atoms with van der Waals surface area (Å²) in [7, 11) is 1.64. The van der Waals surface area contributed by atoms with E-state index in [1.54, 1.807) is 25.6 Å². The Morgan fingerprint density at radius 3 is 2.63 bits per heavy atom. The molecule has 2 N–H and O–H groups in total. The summed E-state index contributed by atoms with van der Waals surface area (Å²) >= 11 is 0. The van der Waals surface area contributed by atoms with E-state index in [1.807, 2.05) is 24.3 Å². The molecule has 0 saturated carbocycles. The van der Waals surface area contributed by atoms with Crippen molar-refractivity contribution in [2.24, 2.45) is 0 Å². The number of nitrogens with one attached hydrogen (secondary N) is 2. The summed E-state index contributed by atoms with van der Waals surface area (Å²) in [5.74, 6) is 0.0141. The molecule has 2 aromatic rings. The zero-order valence-corrected chi connectivity index (χ0v) is 10.8. The van der Waals surface area contributed by atoms with E-state index in [0.717, 1.165) is 16.9 Å². The van der Waals surface area contributed by atoms with Crippen LogP contribution < -0.4 is 10.6 Å². The van der Waals surface area contributed by atoms with E-state index in [2.05, 4.69) is 20.6 Å². The van der Waals surface area contributed by atoms with Gasteiger partial charge in [0.25, 0.3) is 0 Å². The lowest BCUT2D eigenvalue weighted by Crippen LogP contribution is -2.19. The van der Waals surface area contributed by atoms with Gasteiger partial charge in [-0.05, 0) is 17.7 Å². The normalized spacial score (nSPS) is 9.95. The fourth-order valence-corrected chi connectivity index (χ4v) is 1.63. The first-order valence-electron chi connectivity index (χ1n) is 6.06. The second-order valence-corrected chi connectivity index (χ2v) is 4.10. The van der Waals surface area contributed by atoms with Crippen molar-refractivity contribution in [3.05, 3.63) is 54.1 Å². The third kappa shape index (κ3) is 4.06. The zero-order chi connectivity index (χ0) is 13.5. The van der Waals surface area contributed by atoms with Crippen molar-refractivity contribution >= 4 is 11.6 Å². The molecule has 0 atom stereocenters. The predicted octanol–water partition coefficient (Wildman–Crippen LogP) is 1.38. The van der Waals surface area contributed by atoms with Crippen LogP contribution in [0.2, 0.25) is 0 Å². The maximum Gasteiger partial charge on any atom is 0.224 e. The van der Waals surface area contributed by atoms with Crippen LogP contribution in [-0.2, 0) is 17.8 Å². The Bertz CT molecular complexity index is 525. The van der Waals surface area contributed by atoms with E-state index < -0.39 is 0 Å². The largest absolute Gasteiger partial charge is 0.379 e. The van der Waals surface area contributed by atoms with Crippen molar-refractivity contribution in [1.29, 1.82) is 0 Å². The molecular formula is C14H16N4O. The van der Waals surface area contributed by atoms with Crippen molar-refractivity contribution in [2.75, 3.05) is 12.4 Å². The molecular weight excluding hydrogens is 240 g/mol. The molecule has 5 nitrogen and oxygen atoms in total. The first kappa shape index (κ1) is 13.0. The molecule has 0 saturated heterocycles. The van der Waals surface area contributed by atoms with Crippen LogP contribution in [0.1, 0.15) is 11.3 Å².